The van der Waals surface area contributed by atoms with Crippen molar-refractivity contribution in [2.24, 2.45) is 5.92 Å². The molecule has 0 heterocycles. The summed E-state index contributed by atoms with van der Waals surface area (Å²) in [4.78, 5) is 0. The number of benzene rings is 1. The van der Waals surface area contributed by atoms with Crippen LogP contribution in [0.4, 0.5) is 0 Å². The number of hydrogen-bond acceptors (Lipinski definition) is 2. The van der Waals surface area contributed by atoms with Crippen molar-refractivity contribution in [2.75, 3.05) is 26.8 Å². The Morgan fingerprint density at radius 2 is 2.28 bits per heavy atom. The summed E-state index contributed by atoms with van der Waals surface area (Å²) >= 11 is 0. The number of aryl methyl sites for hydroxylation is 1. The van der Waals surface area contributed by atoms with E-state index in [0.29, 0.717) is 5.41 Å². The van der Waals surface area contributed by atoms with Gasteiger partial charge in [-0.1, -0.05) is 24.3 Å². The number of fused-ring (bicyclic) bond motifs is 2. The summed E-state index contributed by atoms with van der Waals surface area (Å²) in [6, 6.07) is 9.08. The molecule has 3 rings (SSSR count). The van der Waals surface area contributed by atoms with Crippen molar-refractivity contribution >= 4 is 0 Å². The Morgan fingerprint density at radius 3 is 3.17 bits per heavy atom. The summed E-state index contributed by atoms with van der Waals surface area (Å²) in [5, 5.41) is 3.53. The van der Waals surface area contributed by atoms with Gasteiger partial charge in [0.25, 0.3) is 0 Å². The van der Waals surface area contributed by atoms with Gasteiger partial charge in [-0.15, -0.1) is 0 Å². The summed E-state index contributed by atoms with van der Waals surface area (Å²) < 4.78 is 5.07. The quantitative estimate of drug-likeness (QED) is 0.805. The van der Waals surface area contributed by atoms with E-state index in [-0.39, 0.29) is 0 Å². The fourth-order valence-corrected chi connectivity index (χ4v) is 3.69. The number of ether oxygens (including phenoxy) is 1. The van der Waals surface area contributed by atoms with Gasteiger partial charge in [0.2, 0.25) is 0 Å². The highest BCUT2D eigenvalue weighted by Crippen LogP contribution is 2.59. The van der Waals surface area contributed by atoms with Gasteiger partial charge in [0.1, 0.15) is 0 Å². The van der Waals surface area contributed by atoms with Gasteiger partial charge in [0, 0.05) is 13.7 Å². The zero-order valence-corrected chi connectivity index (χ0v) is 11.2. The highest BCUT2D eigenvalue weighted by Gasteiger charge is 2.55. The van der Waals surface area contributed by atoms with E-state index in [1.807, 2.05) is 0 Å². The maximum atomic E-state index is 5.07. The smallest absolute Gasteiger partial charge is 0.0587 e. The van der Waals surface area contributed by atoms with E-state index < -0.39 is 0 Å². The molecule has 1 spiro atoms. The molecule has 98 valence electrons. The summed E-state index contributed by atoms with van der Waals surface area (Å²) in [5.41, 5.74) is 3.77. The molecule has 0 bridgehead atoms. The first kappa shape index (κ1) is 12.2. The van der Waals surface area contributed by atoms with Crippen LogP contribution in [0, 0.1) is 5.92 Å². The molecule has 2 aliphatic carbocycles. The third kappa shape index (κ3) is 2.08. The summed E-state index contributed by atoms with van der Waals surface area (Å²) in [7, 11) is 1.76. The van der Waals surface area contributed by atoms with Gasteiger partial charge < -0.3 is 10.1 Å². The van der Waals surface area contributed by atoms with Gasteiger partial charge in [-0.05, 0) is 54.7 Å². The molecule has 2 heteroatoms. The molecule has 0 amide bonds. The van der Waals surface area contributed by atoms with E-state index in [0.717, 1.165) is 25.6 Å². The van der Waals surface area contributed by atoms with Crippen molar-refractivity contribution < 1.29 is 4.74 Å². The lowest BCUT2D eigenvalue weighted by Gasteiger charge is -2.26. The zero-order chi connectivity index (χ0) is 12.4. The lowest BCUT2D eigenvalue weighted by molar-refractivity contribution is 0.199. The fraction of sp³-hybridized carbons (Fsp3) is 0.625. The minimum Gasteiger partial charge on any atom is -0.383 e. The van der Waals surface area contributed by atoms with Gasteiger partial charge in [-0.25, -0.2) is 0 Å². The van der Waals surface area contributed by atoms with E-state index in [1.165, 1.54) is 25.7 Å². The third-order valence-corrected chi connectivity index (χ3v) is 4.73. The molecule has 1 aromatic rings. The molecular formula is C16H23NO. The topological polar surface area (TPSA) is 21.3 Å². The molecule has 18 heavy (non-hydrogen) atoms. The van der Waals surface area contributed by atoms with Gasteiger partial charge in [-0.2, -0.15) is 0 Å². The maximum Gasteiger partial charge on any atom is 0.0587 e. The number of rotatable bonds is 5. The van der Waals surface area contributed by atoms with Crippen LogP contribution in [0.2, 0.25) is 0 Å². The SMILES string of the molecule is COCCNCC1CC12CCCc1ccccc12. The first-order chi connectivity index (χ1) is 8.87. The number of nitrogens with one attached hydrogen (secondary N) is 1. The van der Waals surface area contributed by atoms with E-state index >= 15 is 0 Å². The van der Waals surface area contributed by atoms with Crippen LogP contribution in [0.5, 0.6) is 0 Å². The average Bonchev–Trinajstić information content (AvgIpc) is 3.09. The predicted molar refractivity (Wildman–Crippen MR) is 73.9 cm³/mol. The molecule has 2 aliphatic rings. The number of hydrogen-bond donors (Lipinski definition) is 1. The molecule has 0 aromatic heterocycles. The second kappa shape index (κ2) is 5.02. The molecule has 1 saturated carbocycles. The molecule has 2 nitrogen and oxygen atoms in total. The Kier molecular flexibility index (Phi) is 3.40. The van der Waals surface area contributed by atoms with Crippen molar-refractivity contribution in [2.45, 2.75) is 31.1 Å². The monoisotopic (exact) mass is 245 g/mol. The van der Waals surface area contributed by atoms with Crippen molar-refractivity contribution in [1.29, 1.82) is 0 Å². The molecule has 2 atom stereocenters. The molecule has 0 saturated heterocycles. The highest BCUT2D eigenvalue weighted by atomic mass is 16.5. The molecule has 0 radical (unpaired) electrons. The van der Waals surface area contributed by atoms with Crippen molar-refractivity contribution in [1.82, 2.24) is 5.32 Å². The van der Waals surface area contributed by atoms with E-state index in [2.05, 4.69) is 29.6 Å². The van der Waals surface area contributed by atoms with Crippen LogP contribution < -0.4 is 5.32 Å². The van der Waals surface area contributed by atoms with Crippen molar-refractivity contribution in [3.63, 3.8) is 0 Å². The Hall–Kier alpha value is -0.860. The highest BCUT2D eigenvalue weighted by molar-refractivity contribution is 5.42. The van der Waals surface area contributed by atoms with Gasteiger partial charge >= 0.3 is 0 Å². The maximum absolute atomic E-state index is 5.07. The van der Waals surface area contributed by atoms with Crippen LogP contribution in [-0.2, 0) is 16.6 Å². The standard InChI is InChI=1S/C16H23NO/c1-18-10-9-17-12-14-11-16(14)8-4-6-13-5-2-3-7-15(13)16/h2-3,5,7,14,17H,4,6,8-12H2,1H3. The molecule has 1 fully saturated rings. The van der Waals surface area contributed by atoms with Crippen LogP contribution in [-0.4, -0.2) is 26.8 Å². The van der Waals surface area contributed by atoms with E-state index in [9.17, 15) is 0 Å². The largest absolute Gasteiger partial charge is 0.383 e. The van der Waals surface area contributed by atoms with Gasteiger partial charge in [0.05, 0.1) is 6.61 Å². The van der Waals surface area contributed by atoms with Crippen LogP contribution >= 0.6 is 0 Å². The fourth-order valence-electron chi connectivity index (χ4n) is 3.69. The minimum absolute atomic E-state index is 0.523. The Morgan fingerprint density at radius 1 is 1.39 bits per heavy atom. The zero-order valence-electron chi connectivity index (χ0n) is 11.2. The van der Waals surface area contributed by atoms with Gasteiger partial charge in [-0.3, -0.25) is 0 Å². The molecule has 2 unspecified atom stereocenters. The van der Waals surface area contributed by atoms with Crippen LogP contribution in [0.3, 0.4) is 0 Å². The summed E-state index contributed by atoms with van der Waals surface area (Å²) in [5.74, 6) is 0.843. The number of methoxy groups -OCH3 is 1. The first-order valence-electron chi connectivity index (χ1n) is 7.15. The van der Waals surface area contributed by atoms with Crippen LogP contribution in [0.25, 0.3) is 0 Å². The van der Waals surface area contributed by atoms with Gasteiger partial charge in [0.15, 0.2) is 0 Å². The lowest BCUT2D eigenvalue weighted by atomic mass is 9.78. The van der Waals surface area contributed by atoms with E-state index in [4.69, 9.17) is 4.74 Å². The minimum atomic E-state index is 0.523. The van der Waals surface area contributed by atoms with E-state index in [1.54, 1.807) is 18.2 Å². The molecule has 0 aliphatic heterocycles. The second-order valence-corrected chi connectivity index (χ2v) is 5.76. The molecular weight excluding hydrogens is 222 g/mol. The average molecular weight is 245 g/mol. The van der Waals surface area contributed by atoms with Crippen LogP contribution in [0.1, 0.15) is 30.4 Å². The van der Waals surface area contributed by atoms with Crippen molar-refractivity contribution in [3.05, 3.63) is 35.4 Å². The lowest BCUT2D eigenvalue weighted by Crippen LogP contribution is -2.26. The second-order valence-electron chi connectivity index (χ2n) is 5.76. The Bertz CT molecular complexity index is 417. The predicted octanol–water partition coefficient (Wildman–Crippen LogP) is 2.52. The van der Waals surface area contributed by atoms with Crippen molar-refractivity contribution in [3.8, 4) is 0 Å². The third-order valence-electron chi connectivity index (χ3n) is 4.73. The van der Waals surface area contributed by atoms with Crippen LogP contribution in [0.15, 0.2) is 24.3 Å². The molecule has 1 N–H and O–H groups in total. The Labute approximate surface area is 110 Å². The summed E-state index contributed by atoms with van der Waals surface area (Å²) in [6.07, 6.45) is 5.41. The summed E-state index contributed by atoms with van der Waals surface area (Å²) in [6.45, 7) is 2.94. The normalized spacial score (nSPS) is 29.3. The Balaban J connectivity index is 1.64. The first-order valence-corrected chi connectivity index (χ1v) is 7.15. The molecule has 1 aromatic carbocycles.